The summed E-state index contributed by atoms with van der Waals surface area (Å²) in [5.41, 5.74) is 3.45. The van der Waals surface area contributed by atoms with E-state index in [2.05, 4.69) is 47.0 Å². The van der Waals surface area contributed by atoms with Crippen LogP contribution >= 0.6 is 11.3 Å². The average molecular weight is 523 g/mol. The predicted molar refractivity (Wildman–Crippen MR) is 150 cm³/mol. The molecule has 190 valence electrons. The van der Waals surface area contributed by atoms with Gasteiger partial charge >= 0.3 is 0 Å². The van der Waals surface area contributed by atoms with Gasteiger partial charge in [0, 0.05) is 40.5 Å². The van der Waals surface area contributed by atoms with Gasteiger partial charge in [-0.2, -0.15) is 0 Å². The van der Waals surface area contributed by atoms with Crippen LogP contribution in [0.2, 0.25) is 25.7 Å². The van der Waals surface area contributed by atoms with Gasteiger partial charge in [0.05, 0.1) is 28.8 Å². The molecule has 0 unspecified atom stereocenters. The first-order chi connectivity index (χ1) is 17.3. The maximum absolute atomic E-state index is 13.9. The van der Waals surface area contributed by atoms with E-state index in [0.29, 0.717) is 23.5 Å². The Morgan fingerprint density at radius 2 is 1.97 bits per heavy atom. The lowest BCUT2D eigenvalue weighted by atomic mass is 10.1. The second-order valence-electron chi connectivity index (χ2n) is 10.7. The molecule has 1 aliphatic heterocycles. The highest BCUT2D eigenvalue weighted by molar-refractivity contribution is 7.17. The lowest BCUT2D eigenvalue weighted by Gasteiger charge is -2.26. The van der Waals surface area contributed by atoms with Gasteiger partial charge < -0.3 is 9.47 Å². The molecule has 0 N–H and O–H groups in total. The molecule has 0 saturated carbocycles. The molecular weight excluding hydrogens is 488 g/mol. The van der Waals surface area contributed by atoms with Crippen LogP contribution in [0.3, 0.4) is 0 Å². The van der Waals surface area contributed by atoms with Crippen LogP contribution in [0.5, 0.6) is 0 Å². The molecule has 1 aromatic carbocycles. The zero-order chi connectivity index (χ0) is 25.3. The van der Waals surface area contributed by atoms with Crippen molar-refractivity contribution in [1.29, 1.82) is 0 Å². The van der Waals surface area contributed by atoms with E-state index < -0.39 is 8.07 Å². The number of thiophene rings is 1. The fraction of sp³-hybridized carbons (Fsp3) is 0.444. The maximum Gasteiger partial charge on any atom is 0.263 e. The summed E-state index contributed by atoms with van der Waals surface area (Å²) in [6, 6.07) is 9.28. The highest BCUT2D eigenvalue weighted by Gasteiger charge is 2.19. The highest BCUT2D eigenvalue weighted by atomic mass is 32.1. The molecule has 0 amide bonds. The van der Waals surface area contributed by atoms with Crippen LogP contribution in [0.4, 0.5) is 0 Å². The zero-order valence-corrected chi connectivity index (χ0v) is 23.4. The number of fused-ring (bicyclic) bond motifs is 2. The number of aromatic nitrogens is 3. The Morgan fingerprint density at radius 1 is 1.17 bits per heavy atom. The van der Waals surface area contributed by atoms with E-state index in [4.69, 9.17) is 14.5 Å². The van der Waals surface area contributed by atoms with Gasteiger partial charge in [0.1, 0.15) is 12.4 Å². The summed E-state index contributed by atoms with van der Waals surface area (Å²) in [4.78, 5) is 26.0. The molecule has 9 heteroatoms. The molecule has 0 spiro atoms. The molecule has 0 bridgehead atoms. The number of nitrogens with zero attached hydrogens (tertiary/aromatic N) is 4. The lowest BCUT2D eigenvalue weighted by Crippen LogP contribution is -2.35. The Labute approximate surface area is 216 Å². The third-order valence-corrected chi connectivity index (χ3v) is 9.18. The summed E-state index contributed by atoms with van der Waals surface area (Å²) >= 11 is 1.65. The minimum atomic E-state index is -1.24. The Balaban J connectivity index is 1.57. The summed E-state index contributed by atoms with van der Waals surface area (Å²) < 4.78 is 14.3. The van der Waals surface area contributed by atoms with Gasteiger partial charge in [0.15, 0.2) is 5.82 Å². The zero-order valence-electron chi connectivity index (χ0n) is 21.5. The molecule has 4 heterocycles. The first-order valence-electron chi connectivity index (χ1n) is 12.5. The van der Waals surface area contributed by atoms with Crippen molar-refractivity contribution in [2.24, 2.45) is 0 Å². The van der Waals surface area contributed by atoms with E-state index in [9.17, 15) is 4.79 Å². The van der Waals surface area contributed by atoms with E-state index in [1.165, 1.54) is 0 Å². The summed E-state index contributed by atoms with van der Waals surface area (Å²) in [6.07, 6.45) is 1.86. The van der Waals surface area contributed by atoms with Crippen molar-refractivity contribution in [2.45, 2.75) is 45.9 Å². The van der Waals surface area contributed by atoms with Crippen LogP contribution in [-0.4, -0.2) is 60.4 Å². The van der Waals surface area contributed by atoms with Gasteiger partial charge in [0.25, 0.3) is 5.56 Å². The second-order valence-corrected chi connectivity index (χ2v) is 17.3. The number of aryl methyl sites for hydroxylation is 1. The van der Waals surface area contributed by atoms with Crippen LogP contribution in [0.1, 0.15) is 11.1 Å². The number of rotatable bonds is 8. The predicted octanol–water partition coefficient (Wildman–Crippen LogP) is 5.13. The quantitative estimate of drug-likeness (QED) is 0.236. The Kier molecular flexibility index (Phi) is 7.36. The van der Waals surface area contributed by atoms with Crippen LogP contribution < -0.4 is 5.56 Å². The van der Waals surface area contributed by atoms with Crippen LogP contribution in [0.25, 0.3) is 32.5 Å². The molecule has 7 nitrogen and oxygen atoms in total. The van der Waals surface area contributed by atoms with Crippen molar-refractivity contribution >= 4 is 40.4 Å². The van der Waals surface area contributed by atoms with Gasteiger partial charge in [-0.1, -0.05) is 25.7 Å². The normalized spacial score (nSPS) is 15.2. The maximum atomic E-state index is 13.9. The van der Waals surface area contributed by atoms with E-state index in [1.54, 1.807) is 15.9 Å². The van der Waals surface area contributed by atoms with Gasteiger partial charge in [-0.05, 0) is 53.1 Å². The van der Waals surface area contributed by atoms with Crippen molar-refractivity contribution in [3.8, 4) is 11.5 Å². The third-order valence-electron chi connectivity index (χ3n) is 6.61. The Morgan fingerprint density at radius 3 is 2.75 bits per heavy atom. The fourth-order valence-electron chi connectivity index (χ4n) is 4.52. The highest BCUT2D eigenvalue weighted by Crippen LogP contribution is 2.26. The topological polar surface area (TPSA) is 69.5 Å². The van der Waals surface area contributed by atoms with Crippen molar-refractivity contribution in [3.05, 3.63) is 57.3 Å². The van der Waals surface area contributed by atoms with E-state index in [0.717, 1.165) is 65.6 Å². The summed E-state index contributed by atoms with van der Waals surface area (Å²) in [7, 11) is -1.24. The van der Waals surface area contributed by atoms with E-state index in [1.807, 2.05) is 25.3 Å². The van der Waals surface area contributed by atoms with Crippen molar-refractivity contribution in [1.82, 2.24) is 19.4 Å². The summed E-state index contributed by atoms with van der Waals surface area (Å²) in [5, 5.41) is 3.78. The first kappa shape index (κ1) is 25.2. The smallest absolute Gasteiger partial charge is 0.263 e. The second kappa shape index (κ2) is 10.5. The molecule has 36 heavy (non-hydrogen) atoms. The molecule has 3 aromatic heterocycles. The van der Waals surface area contributed by atoms with Crippen LogP contribution in [0.15, 0.2) is 40.6 Å². The van der Waals surface area contributed by atoms with Gasteiger partial charge in [0.2, 0.25) is 0 Å². The molecule has 1 saturated heterocycles. The Hall–Kier alpha value is -2.43. The van der Waals surface area contributed by atoms with Gasteiger partial charge in [-0.3, -0.25) is 19.2 Å². The minimum absolute atomic E-state index is 0.0813. The SMILES string of the molecule is Cc1cc(CN2CCOCC2)cc2c(=O)n(COCC[Si](C)(C)C)c(-c3cc4ccsc4cn3)nc12. The van der Waals surface area contributed by atoms with Gasteiger partial charge in [-0.15, -0.1) is 11.3 Å². The average Bonchev–Trinajstić information content (AvgIpc) is 3.31. The van der Waals surface area contributed by atoms with E-state index in [-0.39, 0.29) is 12.3 Å². The van der Waals surface area contributed by atoms with Crippen molar-refractivity contribution in [3.63, 3.8) is 0 Å². The standard InChI is InChI=1S/C27H34N4O3SSi/c1-19-13-20(17-30-6-8-33-9-7-30)14-22-25(19)29-26(23-15-21-5-11-35-24(21)16-28-23)31(27(22)32)18-34-10-12-36(2,3)4/h5,11,13-16H,6-10,12,17-18H2,1-4H3. The third kappa shape index (κ3) is 5.60. The van der Waals surface area contributed by atoms with Crippen LogP contribution in [0, 0.1) is 6.92 Å². The molecular formula is C27H34N4O3SSi. The van der Waals surface area contributed by atoms with Crippen molar-refractivity contribution in [2.75, 3.05) is 32.9 Å². The summed E-state index contributed by atoms with van der Waals surface area (Å²) in [5.74, 6) is 0.553. The van der Waals surface area contributed by atoms with Gasteiger partial charge in [-0.25, -0.2) is 4.98 Å². The molecule has 0 radical (unpaired) electrons. The fourth-order valence-corrected chi connectivity index (χ4v) is 6.02. The monoisotopic (exact) mass is 522 g/mol. The molecule has 1 aliphatic rings. The largest absolute Gasteiger partial charge is 0.379 e. The number of hydrogen-bond donors (Lipinski definition) is 0. The number of ether oxygens (including phenoxy) is 2. The van der Waals surface area contributed by atoms with Crippen molar-refractivity contribution < 1.29 is 9.47 Å². The first-order valence-corrected chi connectivity index (χ1v) is 17.1. The molecule has 0 aliphatic carbocycles. The molecule has 5 rings (SSSR count). The van der Waals surface area contributed by atoms with Crippen LogP contribution in [-0.2, 0) is 22.7 Å². The summed E-state index contributed by atoms with van der Waals surface area (Å²) in [6.45, 7) is 13.9. The minimum Gasteiger partial charge on any atom is -0.379 e. The van der Waals surface area contributed by atoms with E-state index >= 15 is 0 Å². The number of morpholine rings is 1. The number of hydrogen-bond acceptors (Lipinski definition) is 7. The number of pyridine rings is 1. The lowest BCUT2D eigenvalue weighted by molar-refractivity contribution is 0.0342. The molecule has 4 aromatic rings. The number of benzene rings is 1. The molecule has 1 fully saturated rings. The Bertz CT molecular complexity index is 1440. The molecule has 0 atom stereocenters.